The second-order valence-corrected chi connectivity index (χ2v) is 5.68. The molecule has 5 nitrogen and oxygen atoms in total. The Kier molecular flexibility index (Phi) is 5.26. The third-order valence-electron chi connectivity index (χ3n) is 3.60. The topological polar surface area (TPSA) is 57.1 Å². The van der Waals surface area contributed by atoms with Gasteiger partial charge < -0.3 is 14.3 Å². The van der Waals surface area contributed by atoms with Crippen LogP contribution in [0.4, 0.5) is 0 Å². The predicted octanol–water partition coefficient (Wildman–Crippen LogP) is 3.71. The Morgan fingerprint density at radius 2 is 2.08 bits per heavy atom. The third-order valence-corrected chi connectivity index (χ3v) is 3.89. The predicted molar refractivity (Wildman–Crippen MR) is 99.4 cm³/mol. The van der Waals surface area contributed by atoms with E-state index in [1.807, 2.05) is 30.3 Å². The van der Waals surface area contributed by atoms with Crippen LogP contribution in [-0.2, 0) is 9.63 Å². The second kappa shape index (κ2) is 7.77. The van der Waals surface area contributed by atoms with Crippen LogP contribution in [-0.4, -0.2) is 25.4 Å². The SMILES string of the molecule is C#CCOc1c(Cl)cc(/C=C2\C(=O)ON=C2c2ccccc2)cc1OC. The smallest absolute Gasteiger partial charge is 0.368 e. The lowest BCUT2D eigenvalue weighted by Crippen LogP contribution is -2.06. The monoisotopic (exact) mass is 367 g/mol. The largest absolute Gasteiger partial charge is 0.493 e. The number of terminal acetylenes is 1. The summed E-state index contributed by atoms with van der Waals surface area (Å²) in [5.74, 6) is 2.59. The number of carbonyl (C=O) groups excluding carboxylic acids is 1. The molecule has 2 aromatic carbocycles. The summed E-state index contributed by atoms with van der Waals surface area (Å²) in [4.78, 5) is 16.9. The van der Waals surface area contributed by atoms with Crippen molar-refractivity contribution in [3.63, 3.8) is 0 Å². The molecule has 130 valence electrons. The number of methoxy groups -OCH3 is 1. The van der Waals surface area contributed by atoms with Crippen LogP contribution in [0, 0.1) is 12.3 Å². The van der Waals surface area contributed by atoms with Crippen molar-refractivity contribution in [2.24, 2.45) is 5.16 Å². The average molecular weight is 368 g/mol. The lowest BCUT2D eigenvalue weighted by Gasteiger charge is -2.12. The summed E-state index contributed by atoms with van der Waals surface area (Å²) in [6.07, 6.45) is 6.85. The van der Waals surface area contributed by atoms with Gasteiger partial charge in [0.25, 0.3) is 0 Å². The van der Waals surface area contributed by atoms with Crippen molar-refractivity contribution in [3.8, 4) is 23.8 Å². The van der Waals surface area contributed by atoms with Gasteiger partial charge in [-0.1, -0.05) is 53.0 Å². The van der Waals surface area contributed by atoms with Gasteiger partial charge in [-0.3, -0.25) is 0 Å². The molecule has 2 aromatic rings. The van der Waals surface area contributed by atoms with E-state index in [1.54, 1.807) is 18.2 Å². The van der Waals surface area contributed by atoms with E-state index < -0.39 is 5.97 Å². The summed E-state index contributed by atoms with van der Waals surface area (Å²) in [6, 6.07) is 12.6. The van der Waals surface area contributed by atoms with Crippen molar-refractivity contribution in [2.75, 3.05) is 13.7 Å². The Labute approximate surface area is 155 Å². The number of nitrogens with zero attached hydrogens (tertiary/aromatic N) is 1. The first-order chi connectivity index (χ1) is 12.6. The van der Waals surface area contributed by atoms with Crippen molar-refractivity contribution in [1.82, 2.24) is 0 Å². The van der Waals surface area contributed by atoms with E-state index >= 15 is 0 Å². The van der Waals surface area contributed by atoms with Crippen molar-refractivity contribution >= 4 is 29.4 Å². The van der Waals surface area contributed by atoms with Gasteiger partial charge in [0, 0.05) is 5.56 Å². The first kappa shape index (κ1) is 17.6. The van der Waals surface area contributed by atoms with E-state index in [-0.39, 0.29) is 6.61 Å². The van der Waals surface area contributed by atoms with Crippen molar-refractivity contribution in [2.45, 2.75) is 0 Å². The number of carbonyl (C=O) groups is 1. The molecule has 0 saturated heterocycles. The molecule has 0 aliphatic carbocycles. The summed E-state index contributed by atoms with van der Waals surface area (Å²) in [6.45, 7) is 0.0631. The van der Waals surface area contributed by atoms with Crippen LogP contribution in [0.15, 0.2) is 53.2 Å². The van der Waals surface area contributed by atoms with E-state index in [1.165, 1.54) is 7.11 Å². The Bertz CT molecular complexity index is 942. The molecule has 0 N–H and O–H groups in total. The molecule has 0 radical (unpaired) electrons. The summed E-state index contributed by atoms with van der Waals surface area (Å²) < 4.78 is 10.7. The first-order valence-electron chi connectivity index (χ1n) is 7.64. The van der Waals surface area contributed by atoms with Crippen LogP contribution in [0.2, 0.25) is 5.02 Å². The minimum atomic E-state index is -0.536. The lowest BCUT2D eigenvalue weighted by molar-refractivity contribution is -0.136. The molecule has 3 rings (SSSR count). The van der Waals surface area contributed by atoms with Crippen LogP contribution in [0.1, 0.15) is 11.1 Å². The maximum atomic E-state index is 12.1. The Hall–Kier alpha value is -3.23. The quantitative estimate of drug-likeness (QED) is 0.459. The van der Waals surface area contributed by atoms with Gasteiger partial charge in [0.05, 0.1) is 17.7 Å². The highest BCUT2D eigenvalue weighted by molar-refractivity contribution is 6.33. The summed E-state index contributed by atoms with van der Waals surface area (Å²) in [5, 5.41) is 4.19. The molecule has 0 unspecified atom stereocenters. The molecule has 0 aromatic heterocycles. The van der Waals surface area contributed by atoms with Gasteiger partial charge in [0.1, 0.15) is 12.3 Å². The zero-order valence-corrected chi connectivity index (χ0v) is 14.6. The van der Waals surface area contributed by atoms with Crippen LogP contribution < -0.4 is 9.47 Å². The van der Waals surface area contributed by atoms with Gasteiger partial charge in [0.2, 0.25) is 0 Å². The van der Waals surface area contributed by atoms with Gasteiger partial charge in [0.15, 0.2) is 11.5 Å². The van der Waals surface area contributed by atoms with Crippen LogP contribution in [0.25, 0.3) is 6.08 Å². The Balaban J connectivity index is 2.01. The van der Waals surface area contributed by atoms with Crippen LogP contribution in [0.3, 0.4) is 0 Å². The molecular formula is C20H14ClNO4. The van der Waals surface area contributed by atoms with Gasteiger partial charge in [-0.15, -0.1) is 6.42 Å². The Morgan fingerprint density at radius 1 is 1.31 bits per heavy atom. The minimum absolute atomic E-state index is 0.0631. The summed E-state index contributed by atoms with van der Waals surface area (Å²) in [7, 11) is 1.49. The summed E-state index contributed by atoms with van der Waals surface area (Å²) >= 11 is 6.28. The molecule has 26 heavy (non-hydrogen) atoms. The van der Waals surface area contributed by atoms with E-state index in [9.17, 15) is 4.79 Å². The number of ether oxygens (including phenoxy) is 2. The fraction of sp³-hybridized carbons (Fsp3) is 0.100. The maximum absolute atomic E-state index is 12.1. The molecule has 0 bridgehead atoms. The highest BCUT2D eigenvalue weighted by Crippen LogP contribution is 2.37. The third kappa shape index (κ3) is 3.56. The number of halogens is 1. The fourth-order valence-electron chi connectivity index (χ4n) is 2.46. The van der Waals surface area contributed by atoms with Gasteiger partial charge in [-0.2, -0.15) is 0 Å². The number of hydrogen-bond donors (Lipinski definition) is 0. The molecule has 0 amide bonds. The molecule has 6 heteroatoms. The van der Waals surface area contributed by atoms with Crippen molar-refractivity contribution in [1.29, 1.82) is 0 Å². The van der Waals surface area contributed by atoms with E-state index in [0.29, 0.717) is 33.4 Å². The molecule has 0 spiro atoms. The number of oxime groups is 1. The standard InChI is InChI=1S/C20H14ClNO4/c1-3-9-25-19-16(21)11-13(12-17(19)24-2)10-15-18(22-26-20(15)23)14-7-5-4-6-8-14/h1,4-8,10-12H,9H2,2H3/b15-10-. The van der Waals surface area contributed by atoms with Gasteiger partial charge in [-0.05, 0) is 23.8 Å². The van der Waals surface area contributed by atoms with E-state index in [4.69, 9.17) is 32.3 Å². The molecule has 0 saturated carbocycles. The number of benzene rings is 2. The molecule has 0 atom stereocenters. The fourth-order valence-corrected chi connectivity index (χ4v) is 2.73. The van der Waals surface area contributed by atoms with E-state index in [2.05, 4.69) is 11.1 Å². The zero-order valence-electron chi connectivity index (χ0n) is 13.9. The lowest BCUT2D eigenvalue weighted by atomic mass is 10.0. The minimum Gasteiger partial charge on any atom is -0.493 e. The summed E-state index contributed by atoms with van der Waals surface area (Å²) in [5.41, 5.74) is 2.19. The molecule has 1 aliphatic heterocycles. The van der Waals surface area contributed by atoms with Gasteiger partial charge in [-0.25, -0.2) is 4.79 Å². The highest BCUT2D eigenvalue weighted by atomic mass is 35.5. The van der Waals surface area contributed by atoms with Gasteiger partial charge >= 0.3 is 5.97 Å². The molecule has 0 fully saturated rings. The zero-order chi connectivity index (χ0) is 18.5. The molecular weight excluding hydrogens is 354 g/mol. The number of hydrogen-bond acceptors (Lipinski definition) is 5. The molecule has 1 heterocycles. The Morgan fingerprint density at radius 3 is 2.77 bits per heavy atom. The average Bonchev–Trinajstić information content (AvgIpc) is 3.01. The first-order valence-corrected chi connectivity index (χ1v) is 8.02. The van der Waals surface area contributed by atoms with Crippen molar-refractivity contribution in [3.05, 3.63) is 64.2 Å². The van der Waals surface area contributed by atoms with E-state index in [0.717, 1.165) is 5.56 Å². The number of rotatable bonds is 5. The highest BCUT2D eigenvalue weighted by Gasteiger charge is 2.27. The molecule has 1 aliphatic rings. The van der Waals surface area contributed by atoms with Crippen molar-refractivity contribution < 1.29 is 19.1 Å². The van der Waals surface area contributed by atoms with Crippen LogP contribution in [0.5, 0.6) is 11.5 Å². The second-order valence-electron chi connectivity index (χ2n) is 5.27. The normalized spacial score (nSPS) is 14.6. The van der Waals surface area contributed by atoms with Crippen LogP contribution >= 0.6 is 11.6 Å². The maximum Gasteiger partial charge on any atom is 0.368 e.